The first-order valence-corrected chi connectivity index (χ1v) is 7.39. The van der Waals surface area contributed by atoms with Gasteiger partial charge < -0.3 is 15.0 Å². The molecule has 0 radical (unpaired) electrons. The minimum Gasteiger partial charge on any atom is -0.457 e. The van der Waals surface area contributed by atoms with Crippen molar-refractivity contribution in [3.63, 3.8) is 0 Å². The van der Waals surface area contributed by atoms with E-state index < -0.39 is 0 Å². The Labute approximate surface area is 120 Å². The lowest BCUT2D eigenvalue weighted by Gasteiger charge is -2.30. The van der Waals surface area contributed by atoms with Crippen LogP contribution in [0.1, 0.15) is 39.9 Å². The number of nitrogens with one attached hydrogen (secondary N) is 1. The Morgan fingerprint density at radius 2 is 2.10 bits per heavy atom. The SMILES string of the molecule is Cc1c(C(C)CN2CCNCC2)ccc2c1COC2=O. The summed E-state index contributed by atoms with van der Waals surface area (Å²) in [4.78, 5) is 14.1. The van der Waals surface area contributed by atoms with Gasteiger partial charge in [-0.15, -0.1) is 0 Å². The van der Waals surface area contributed by atoms with Crippen LogP contribution in [0.2, 0.25) is 0 Å². The predicted molar refractivity (Wildman–Crippen MR) is 78.0 cm³/mol. The second-order valence-electron chi connectivity index (χ2n) is 5.83. The molecule has 1 saturated heterocycles. The van der Waals surface area contributed by atoms with Gasteiger partial charge in [0.25, 0.3) is 0 Å². The van der Waals surface area contributed by atoms with Crippen LogP contribution >= 0.6 is 0 Å². The highest BCUT2D eigenvalue weighted by molar-refractivity contribution is 5.93. The molecule has 1 aromatic rings. The third-order valence-corrected chi connectivity index (χ3v) is 4.48. The molecule has 1 atom stereocenters. The second-order valence-corrected chi connectivity index (χ2v) is 5.83. The summed E-state index contributed by atoms with van der Waals surface area (Å²) >= 11 is 0. The molecule has 0 spiro atoms. The van der Waals surface area contributed by atoms with Crippen molar-refractivity contribution >= 4 is 5.97 Å². The van der Waals surface area contributed by atoms with Gasteiger partial charge in [0.05, 0.1) is 5.56 Å². The molecule has 1 N–H and O–H groups in total. The fourth-order valence-electron chi connectivity index (χ4n) is 3.28. The van der Waals surface area contributed by atoms with Crippen molar-refractivity contribution in [2.45, 2.75) is 26.4 Å². The van der Waals surface area contributed by atoms with Gasteiger partial charge in [0.1, 0.15) is 6.61 Å². The van der Waals surface area contributed by atoms with E-state index in [0.717, 1.165) is 43.9 Å². The molecule has 4 heteroatoms. The summed E-state index contributed by atoms with van der Waals surface area (Å²) < 4.78 is 5.13. The average molecular weight is 274 g/mol. The maximum Gasteiger partial charge on any atom is 0.338 e. The van der Waals surface area contributed by atoms with Crippen molar-refractivity contribution in [3.05, 3.63) is 34.4 Å². The standard InChI is InChI=1S/C16H22N2O2/c1-11(9-18-7-5-17-6-8-18)13-3-4-14-15(12(13)2)10-20-16(14)19/h3-4,11,17H,5-10H2,1-2H3. The summed E-state index contributed by atoms with van der Waals surface area (Å²) in [6.07, 6.45) is 0. The van der Waals surface area contributed by atoms with Crippen LogP contribution in [0.3, 0.4) is 0 Å². The van der Waals surface area contributed by atoms with Gasteiger partial charge >= 0.3 is 5.97 Å². The maximum atomic E-state index is 11.6. The molecule has 0 amide bonds. The molecular formula is C16H22N2O2. The first-order valence-electron chi connectivity index (χ1n) is 7.39. The quantitative estimate of drug-likeness (QED) is 0.851. The van der Waals surface area contributed by atoms with Gasteiger partial charge in [0, 0.05) is 38.3 Å². The predicted octanol–water partition coefficient (Wildman–Crippen LogP) is 1.67. The highest BCUT2D eigenvalue weighted by Gasteiger charge is 2.25. The minimum atomic E-state index is -0.176. The molecule has 0 aliphatic carbocycles. The van der Waals surface area contributed by atoms with E-state index >= 15 is 0 Å². The summed E-state index contributed by atoms with van der Waals surface area (Å²) in [5, 5.41) is 3.38. The highest BCUT2D eigenvalue weighted by Crippen LogP contribution is 2.30. The van der Waals surface area contributed by atoms with E-state index in [1.165, 1.54) is 11.1 Å². The lowest BCUT2D eigenvalue weighted by Crippen LogP contribution is -2.44. The van der Waals surface area contributed by atoms with E-state index in [1.807, 2.05) is 6.07 Å². The van der Waals surface area contributed by atoms with Crippen LogP contribution in [-0.4, -0.2) is 43.6 Å². The third-order valence-electron chi connectivity index (χ3n) is 4.48. The summed E-state index contributed by atoms with van der Waals surface area (Å²) in [5.74, 6) is 0.304. The summed E-state index contributed by atoms with van der Waals surface area (Å²) in [5.41, 5.74) is 4.41. The molecule has 0 bridgehead atoms. The number of nitrogens with zero attached hydrogens (tertiary/aromatic N) is 1. The molecule has 108 valence electrons. The van der Waals surface area contributed by atoms with E-state index in [2.05, 4.69) is 30.1 Å². The van der Waals surface area contributed by atoms with Gasteiger partial charge in [0.15, 0.2) is 0 Å². The van der Waals surface area contributed by atoms with Gasteiger partial charge in [-0.25, -0.2) is 4.79 Å². The number of esters is 1. The molecule has 4 nitrogen and oxygen atoms in total. The monoisotopic (exact) mass is 274 g/mol. The van der Waals surface area contributed by atoms with E-state index in [4.69, 9.17) is 4.74 Å². The van der Waals surface area contributed by atoms with Crippen molar-refractivity contribution in [1.82, 2.24) is 10.2 Å². The molecular weight excluding hydrogens is 252 g/mol. The number of piperazine rings is 1. The number of ether oxygens (including phenoxy) is 1. The Morgan fingerprint density at radius 3 is 2.85 bits per heavy atom. The number of hydrogen-bond acceptors (Lipinski definition) is 4. The van der Waals surface area contributed by atoms with Gasteiger partial charge in [-0.3, -0.25) is 0 Å². The van der Waals surface area contributed by atoms with Crippen LogP contribution in [0, 0.1) is 6.92 Å². The molecule has 2 aliphatic rings. The van der Waals surface area contributed by atoms with Gasteiger partial charge in [0.2, 0.25) is 0 Å². The molecule has 20 heavy (non-hydrogen) atoms. The number of rotatable bonds is 3. The van der Waals surface area contributed by atoms with Crippen LogP contribution in [0.15, 0.2) is 12.1 Å². The zero-order chi connectivity index (χ0) is 14.1. The number of fused-ring (bicyclic) bond motifs is 1. The van der Waals surface area contributed by atoms with Gasteiger partial charge in [-0.2, -0.15) is 0 Å². The molecule has 3 rings (SSSR count). The summed E-state index contributed by atoms with van der Waals surface area (Å²) in [6, 6.07) is 4.04. The Hall–Kier alpha value is -1.39. The molecule has 0 aromatic heterocycles. The van der Waals surface area contributed by atoms with Crippen LogP contribution in [0.4, 0.5) is 0 Å². The third kappa shape index (κ3) is 2.45. The number of carbonyl (C=O) groups excluding carboxylic acids is 1. The van der Waals surface area contributed by atoms with E-state index in [9.17, 15) is 4.79 Å². The minimum absolute atomic E-state index is 0.176. The lowest BCUT2D eigenvalue weighted by molar-refractivity contribution is 0.0535. The first kappa shape index (κ1) is 13.6. The Kier molecular flexibility index (Phi) is 3.76. The van der Waals surface area contributed by atoms with Crippen molar-refractivity contribution in [2.75, 3.05) is 32.7 Å². The van der Waals surface area contributed by atoms with Crippen LogP contribution in [0.25, 0.3) is 0 Å². The topological polar surface area (TPSA) is 41.6 Å². The fraction of sp³-hybridized carbons (Fsp3) is 0.562. The first-order chi connectivity index (χ1) is 9.66. The van der Waals surface area contributed by atoms with Gasteiger partial charge in [-0.1, -0.05) is 13.0 Å². The summed E-state index contributed by atoms with van der Waals surface area (Å²) in [7, 11) is 0. The molecule has 1 fully saturated rings. The number of carbonyl (C=O) groups is 1. The normalized spacial score (nSPS) is 20.6. The lowest BCUT2D eigenvalue weighted by atomic mass is 9.90. The summed E-state index contributed by atoms with van der Waals surface area (Å²) in [6.45, 7) is 10.3. The smallest absolute Gasteiger partial charge is 0.338 e. The Bertz CT molecular complexity index is 521. The van der Waals surface area contributed by atoms with Crippen LogP contribution in [0.5, 0.6) is 0 Å². The molecule has 2 aliphatic heterocycles. The highest BCUT2D eigenvalue weighted by atomic mass is 16.5. The van der Waals surface area contributed by atoms with E-state index in [-0.39, 0.29) is 5.97 Å². The van der Waals surface area contributed by atoms with E-state index in [1.54, 1.807) is 0 Å². The Morgan fingerprint density at radius 1 is 1.35 bits per heavy atom. The number of cyclic esters (lactones) is 1. The van der Waals surface area contributed by atoms with Crippen molar-refractivity contribution in [1.29, 1.82) is 0 Å². The van der Waals surface area contributed by atoms with E-state index in [0.29, 0.717) is 12.5 Å². The van der Waals surface area contributed by atoms with Crippen LogP contribution in [-0.2, 0) is 11.3 Å². The average Bonchev–Trinajstić information content (AvgIpc) is 2.83. The Balaban J connectivity index is 1.78. The molecule has 1 aromatic carbocycles. The van der Waals surface area contributed by atoms with Gasteiger partial charge in [-0.05, 0) is 30.0 Å². The maximum absolute atomic E-state index is 11.6. The molecule has 0 saturated carbocycles. The molecule has 1 unspecified atom stereocenters. The largest absolute Gasteiger partial charge is 0.457 e. The van der Waals surface area contributed by atoms with Crippen LogP contribution < -0.4 is 5.32 Å². The van der Waals surface area contributed by atoms with Crippen molar-refractivity contribution in [2.24, 2.45) is 0 Å². The number of benzene rings is 1. The van der Waals surface area contributed by atoms with Crippen molar-refractivity contribution in [3.8, 4) is 0 Å². The fourth-order valence-corrected chi connectivity index (χ4v) is 3.28. The zero-order valence-electron chi connectivity index (χ0n) is 12.2. The number of hydrogen-bond donors (Lipinski definition) is 1. The molecule has 2 heterocycles. The van der Waals surface area contributed by atoms with Crippen molar-refractivity contribution < 1.29 is 9.53 Å². The zero-order valence-corrected chi connectivity index (χ0v) is 12.2. The second kappa shape index (κ2) is 5.54.